The Morgan fingerprint density at radius 3 is 2.20 bits per heavy atom. The van der Waals surface area contributed by atoms with E-state index in [1.54, 1.807) is 0 Å². The Bertz CT molecular complexity index is 612. The summed E-state index contributed by atoms with van der Waals surface area (Å²) in [6, 6.07) is 0. The van der Waals surface area contributed by atoms with E-state index in [4.69, 9.17) is 0 Å². The fraction of sp³-hybridized carbons (Fsp3) is 1.00. The Morgan fingerprint density at radius 2 is 1.50 bits per heavy atom. The van der Waals surface area contributed by atoms with E-state index in [9.17, 15) is 10.2 Å². The van der Waals surface area contributed by atoms with Gasteiger partial charge in [0.1, 0.15) is 0 Å². The lowest BCUT2D eigenvalue weighted by Gasteiger charge is -2.62. The Balaban J connectivity index is 1.49. The first-order chi connectivity index (χ1) is 14.0. The smallest absolute Gasteiger partial charge is 0.0622 e. The minimum Gasteiger partial charge on any atom is -0.393 e. The predicted octanol–water partition coefficient (Wildman–Crippen LogP) is 6.83. The molecule has 0 radical (unpaired) electrons. The molecule has 0 heterocycles. The monoisotopic (exact) mass is 418 g/mol. The molecule has 10 atom stereocenters. The molecule has 0 aromatic carbocycles. The van der Waals surface area contributed by atoms with Gasteiger partial charge >= 0.3 is 0 Å². The van der Waals surface area contributed by atoms with Crippen LogP contribution < -0.4 is 0 Å². The van der Waals surface area contributed by atoms with Crippen LogP contribution >= 0.6 is 0 Å². The summed E-state index contributed by atoms with van der Waals surface area (Å²) in [5.74, 6) is 5.15. The predicted molar refractivity (Wildman–Crippen MR) is 125 cm³/mol. The van der Waals surface area contributed by atoms with Crippen molar-refractivity contribution in [1.82, 2.24) is 0 Å². The van der Waals surface area contributed by atoms with Crippen molar-refractivity contribution in [3.8, 4) is 0 Å². The van der Waals surface area contributed by atoms with Gasteiger partial charge in [0.15, 0.2) is 0 Å². The SMILES string of the molecule is CC(C)CC[C@@H](O)[C@@H](C)[C@H]1CC[C@H]2[C@@H]3CCC4C[C@@](C)(O)CC[C@]4(C)[C@H]3CC[C@]12C. The molecular formula is C28H50O2. The third-order valence-corrected chi connectivity index (χ3v) is 11.3. The van der Waals surface area contributed by atoms with Gasteiger partial charge < -0.3 is 10.2 Å². The molecule has 30 heavy (non-hydrogen) atoms. The molecule has 174 valence electrons. The van der Waals surface area contributed by atoms with Crippen molar-refractivity contribution in [3.63, 3.8) is 0 Å². The van der Waals surface area contributed by atoms with Gasteiger partial charge in [-0.15, -0.1) is 0 Å². The van der Waals surface area contributed by atoms with Crippen LogP contribution in [0.3, 0.4) is 0 Å². The number of aliphatic hydroxyl groups is 2. The summed E-state index contributed by atoms with van der Waals surface area (Å²) in [6.45, 7) is 14.2. The Labute approximate surface area is 186 Å². The van der Waals surface area contributed by atoms with E-state index in [0.717, 1.165) is 49.4 Å². The maximum Gasteiger partial charge on any atom is 0.0622 e. The summed E-state index contributed by atoms with van der Waals surface area (Å²) in [4.78, 5) is 0. The van der Waals surface area contributed by atoms with Gasteiger partial charge in [0, 0.05) is 0 Å². The molecule has 4 fully saturated rings. The van der Waals surface area contributed by atoms with Crippen LogP contribution in [0.25, 0.3) is 0 Å². The first-order valence-electron chi connectivity index (χ1n) is 13.4. The zero-order chi connectivity index (χ0) is 21.9. The van der Waals surface area contributed by atoms with E-state index in [1.165, 1.54) is 44.9 Å². The normalized spacial score (nSPS) is 50.5. The molecule has 4 aliphatic carbocycles. The van der Waals surface area contributed by atoms with Crippen LogP contribution in [0.5, 0.6) is 0 Å². The molecule has 4 saturated carbocycles. The second-order valence-corrected chi connectivity index (χ2v) is 13.5. The zero-order valence-electron chi connectivity index (χ0n) is 20.8. The van der Waals surface area contributed by atoms with Crippen LogP contribution in [0, 0.1) is 52.3 Å². The van der Waals surface area contributed by atoms with Crippen molar-refractivity contribution in [2.75, 3.05) is 0 Å². The van der Waals surface area contributed by atoms with Crippen LogP contribution in [0.15, 0.2) is 0 Å². The average Bonchev–Trinajstić information content (AvgIpc) is 3.03. The summed E-state index contributed by atoms with van der Waals surface area (Å²) in [6.07, 6.45) is 13.4. The number of fused-ring (bicyclic) bond motifs is 5. The van der Waals surface area contributed by atoms with Crippen molar-refractivity contribution >= 4 is 0 Å². The fourth-order valence-corrected chi connectivity index (χ4v) is 9.37. The van der Waals surface area contributed by atoms with E-state index in [0.29, 0.717) is 28.6 Å². The van der Waals surface area contributed by atoms with Gasteiger partial charge in [0.2, 0.25) is 0 Å². The average molecular weight is 419 g/mol. The second kappa shape index (κ2) is 8.05. The van der Waals surface area contributed by atoms with Gasteiger partial charge in [0.05, 0.1) is 11.7 Å². The summed E-state index contributed by atoms with van der Waals surface area (Å²) in [5, 5.41) is 21.7. The molecule has 2 heteroatoms. The lowest BCUT2D eigenvalue weighted by Crippen LogP contribution is -2.55. The lowest BCUT2D eigenvalue weighted by atomic mass is 9.43. The third-order valence-electron chi connectivity index (χ3n) is 11.3. The molecule has 2 N–H and O–H groups in total. The van der Waals surface area contributed by atoms with E-state index >= 15 is 0 Å². The highest BCUT2D eigenvalue weighted by Gasteiger charge is 2.61. The Hall–Kier alpha value is -0.0800. The van der Waals surface area contributed by atoms with Crippen LogP contribution in [-0.2, 0) is 0 Å². The van der Waals surface area contributed by atoms with Crippen molar-refractivity contribution in [2.24, 2.45) is 52.3 Å². The molecule has 0 aromatic heterocycles. The number of rotatable bonds is 5. The van der Waals surface area contributed by atoms with Crippen molar-refractivity contribution in [3.05, 3.63) is 0 Å². The number of aliphatic hydroxyl groups excluding tert-OH is 1. The van der Waals surface area contributed by atoms with Crippen LogP contribution in [-0.4, -0.2) is 21.9 Å². The standard InChI is InChI=1S/C28H50O2/c1-18(2)7-12-25(29)19(3)22-10-11-23-21-9-8-20-17-26(4,30)15-16-27(20,5)24(21)13-14-28(22,23)6/h18-25,29-30H,7-17H2,1-6H3/t19-,20?,21-,22+,23-,24-,25+,26-,27-,28+/m0/s1. The molecule has 0 amide bonds. The molecule has 0 saturated heterocycles. The van der Waals surface area contributed by atoms with Crippen molar-refractivity contribution in [1.29, 1.82) is 0 Å². The quantitative estimate of drug-likeness (QED) is 0.513. The van der Waals surface area contributed by atoms with Gasteiger partial charge in [-0.1, -0.05) is 34.6 Å². The summed E-state index contributed by atoms with van der Waals surface area (Å²) in [7, 11) is 0. The minimum atomic E-state index is -0.430. The second-order valence-electron chi connectivity index (χ2n) is 13.5. The number of hydrogen-bond donors (Lipinski definition) is 2. The highest BCUT2D eigenvalue weighted by molar-refractivity contribution is 5.10. The maximum absolute atomic E-state index is 11.0. The molecule has 0 spiro atoms. The third kappa shape index (κ3) is 3.81. The first kappa shape index (κ1) is 23.1. The Morgan fingerprint density at radius 1 is 0.800 bits per heavy atom. The van der Waals surface area contributed by atoms with Gasteiger partial charge in [-0.25, -0.2) is 0 Å². The van der Waals surface area contributed by atoms with Gasteiger partial charge in [-0.05, 0) is 130 Å². The van der Waals surface area contributed by atoms with E-state index in [-0.39, 0.29) is 6.10 Å². The molecule has 1 unspecified atom stereocenters. The first-order valence-corrected chi connectivity index (χ1v) is 13.4. The minimum absolute atomic E-state index is 0.125. The summed E-state index contributed by atoms with van der Waals surface area (Å²) in [5.41, 5.74) is 0.454. The van der Waals surface area contributed by atoms with Crippen LogP contribution in [0.1, 0.15) is 112 Å². The summed E-state index contributed by atoms with van der Waals surface area (Å²) < 4.78 is 0. The highest BCUT2D eigenvalue weighted by atomic mass is 16.3. The molecule has 0 aliphatic heterocycles. The van der Waals surface area contributed by atoms with Crippen LogP contribution in [0.4, 0.5) is 0 Å². The lowest BCUT2D eigenvalue weighted by molar-refractivity contribution is -0.149. The molecule has 2 nitrogen and oxygen atoms in total. The van der Waals surface area contributed by atoms with Gasteiger partial charge in [0.25, 0.3) is 0 Å². The van der Waals surface area contributed by atoms with Gasteiger partial charge in [-0.3, -0.25) is 0 Å². The molecule has 0 aromatic rings. The van der Waals surface area contributed by atoms with Gasteiger partial charge in [-0.2, -0.15) is 0 Å². The Kier molecular flexibility index (Phi) is 6.20. The highest BCUT2D eigenvalue weighted by Crippen LogP contribution is 2.68. The molecule has 0 bridgehead atoms. The van der Waals surface area contributed by atoms with E-state index in [1.807, 2.05) is 0 Å². The van der Waals surface area contributed by atoms with E-state index < -0.39 is 5.60 Å². The van der Waals surface area contributed by atoms with Crippen molar-refractivity contribution in [2.45, 2.75) is 124 Å². The molecule has 4 rings (SSSR count). The molecular weight excluding hydrogens is 368 g/mol. The maximum atomic E-state index is 11.0. The fourth-order valence-electron chi connectivity index (χ4n) is 9.37. The van der Waals surface area contributed by atoms with E-state index in [2.05, 4.69) is 41.5 Å². The van der Waals surface area contributed by atoms with Crippen LogP contribution in [0.2, 0.25) is 0 Å². The van der Waals surface area contributed by atoms with Crippen molar-refractivity contribution < 1.29 is 10.2 Å². The summed E-state index contributed by atoms with van der Waals surface area (Å²) >= 11 is 0. The zero-order valence-corrected chi connectivity index (χ0v) is 20.8. The number of hydrogen-bond acceptors (Lipinski definition) is 2. The largest absolute Gasteiger partial charge is 0.393 e. The molecule has 4 aliphatic rings. The topological polar surface area (TPSA) is 40.5 Å².